The van der Waals surface area contributed by atoms with Crippen LogP contribution in [0.15, 0.2) is 30.3 Å². The summed E-state index contributed by atoms with van der Waals surface area (Å²) in [6, 6.07) is 10.3. The number of ether oxygens (including phenoxy) is 2. The van der Waals surface area contributed by atoms with E-state index in [1.807, 2.05) is 18.2 Å². The maximum absolute atomic E-state index is 5.72. The Morgan fingerprint density at radius 1 is 0.962 bits per heavy atom. The molecule has 0 bridgehead atoms. The van der Waals surface area contributed by atoms with Gasteiger partial charge in [-0.25, -0.2) is 0 Å². The van der Waals surface area contributed by atoms with Crippen molar-refractivity contribution in [3.8, 4) is 22.8 Å². The fourth-order valence-corrected chi connectivity index (χ4v) is 3.62. The number of H-pyrrole nitrogens is 1. The molecule has 0 amide bonds. The minimum absolute atomic E-state index is 0.720. The lowest BCUT2D eigenvalue weighted by molar-refractivity contribution is 0.404. The summed E-state index contributed by atoms with van der Waals surface area (Å²) in [6.07, 6.45) is 3.07. The number of benzene rings is 2. The molecule has 0 aliphatic rings. The number of aromatic amines is 1. The lowest BCUT2D eigenvalue weighted by Crippen LogP contribution is -2.00. The SMILES string of the molecule is COc1ccc(OC)c(-c2[nH]c3c(C)ccc(C)c3c2CCCCN)c1. The minimum Gasteiger partial charge on any atom is -0.497 e. The van der Waals surface area contributed by atoms with Crippen molar-refractivity contribution < 1.29 is 9.47 Å². The van der Waals surface area contributed by atoms with Crippen LogP contribution in [0.5, 0.6) is 11.5 Å². The maximum atomic E-state index is 5.72. The van der Waals surface area contributed by atoms with Gasteiger partial charge in [0.25, 0.3) is 0 Å². The monoisotopic (exact) mass is 352 g/mol. The van der Waals surface area contributed by atoms with E-state index < -0.39 is 0 Å². The molecule has 0 aliphatic carbocycles. The molecular formula is C22H28N2O2. The number of unbranched alkanes of at least 4 members (excludes halogenated alkanes) is 1. The Labute approximate surface area is 155 Å². The Balaban J connectivity index is 2.26. The van der Waals surface area contributed by atoms with Crippen LogP contribution in [0.1, 0.15) is 29.5 Å². The van der Waals surface area contributed by atoms with Gasteiger partial charge in [-0.1, -0.05) is 12.1 Å². The summed E-state index contributed by atoms with van der Waals surface area (Å²) in [5.41, 5.74) is 12.9. The number of nitrogens with one attached hydrogen (secondary N) is 1. The van der Waals surface area contributed by atoms with Gasteiger partial charge >= 0.3 is 0 Å². The Bertz CT molecular complexity index is 912. The van der Waals surface area contributed by atoms with Gasteiger partial charge in [-0.3, -0.25) is 0 Å². The molecule has 1 heterocycles. The number of hydrogen-bond acceptors (Lipinski definition) is 3. The molecule has 0 unspecified atom stereocenters. The normalized spacial score (nSPS) is 11.1. The molecule has 4 heteroatoms. The highest BCUT2D eigenvalue weighted by Gasteiger charge is 2.19. The molecule has 2 aromatic carbocycles. The minimum atomic E-state index is 0.720. The van der Waals surface area contributed by atoms with Crippen molar-refractivity contribution in [1.82, 2.24) is 4.98 Å². The fourth-order valence-electron chi connectivity index (χ4n) is 3.62. The summed E-state index contributed by atoms with van der Waals surface area (Å²) in [6.45, 7) is 5.04. The average Bonchev–Trinajstić information content (AvgIpc) is 3.05. The molecule has 0 fully saturated rings. The molecular weight excluding hydrogens is 324 g/mol. The molecule has 0 spiro atoms. The smallest absolute Gasteiger partial charge is 0.128 e. The summed E-state index contributed by atoms with van der Waals surface area (Å²) in [7, 11) is 3.39. The van der Waals surface area contributed by atoms with E-state index in [1.165, 1.54) is 27.6 Å². The van der Waals surface area contributed by atoms with Gasteiger partial charge in [0.15, 0.2) is 0 Å². The first-order valence-corrected chi connectivity index (χ1v) is 9.14. The molecule has 3 aromatic rings. The van der Waals surface area contributed by atoms with Crippen LogP contribution < -0.4 is 15.2 Å². The third kappa shape index (κ3) is 3.29. The Kier molecular flexibility index (Phi) is 5.52. The first kappa shape index (κ1) is 18.3. The number of fused-ring (bicyclic) bond motifs is 1. The van der Waals surface area contributed by atoms with Gasteiger partial charge in [-0.2, -0.15) is 0 Å². The molecule has 138 valence electrons. The number of hydrogen-bond donors (Lipinski definition) is 2. The average molecular weight is 352 g/mol. The van der Waals surface area contributed by atoms with Crippen molar-refractivity contribution >= 4 is 10.9 Å². The molecule has 3 N–H and O–H groups in total. The van der Waals surface area contributed by atoms with Crippen LogP contribution in [0, 0.1) is 13.8 Å². The van der Waals surface area contributed by atoms with Crippen molar-refractivity contribution in [2.24, 2.45) is 5.73 Å². The summed E-state index contributed by atoms with van der Waals surface area (Å²) in [4.78, 5) is 3.68. The van der Waals surface area contributed by atoms with Gasteiger partial charge in [0.1, 0.15) is 11.5 Å². The van der Waals surface area contributed by atoms with Crippen LogP contribution in [0.2, 0.25) is 0 Å². The van der Waals surface area contributed by atoms with Gasteiger partial charge in [0.05, 0.1) is 19.9 Å². The zero-order valence-corrected chi connectivity index (χ0v) is 16.1. The van der Waals surface area contributed by atoms with E-state index in [4.69, 9.17) is 15.2 Å². The first-order chi connectivity index (χ1) is 12.6. The maximum Gasteiger partial charge on any atom is 0.128 e. The van der Waals surface area contributed by atoms with Crippen molar-refractivity contribution in [3.05, 3.63) is 47.0 Å². The fraction of sp³-hybridized carbons (Fsp3) is 0.364. The zero-order valence-electron chi connectivity index (χ0n) is 16.1. The van der Waals surface area contributed by atoms with E-state index in [2.05, 4.69) is 31.0 Å². The largest absolute Gasteiger partial charge is 0.497 e. The standard InChI is InChI=1S/C22H28N2O2/c1-14-8-9-15(2)21-20(14)17(7-5-6-12-23)22(24-21)18-13-16(25-3)10-11-19(18)26-4/h8-11,13,24H,5-7,12,23H2,1-4H3. The van der Waals surface area contributed by atoms with Gasteiger partial charge in [0.2, 0.25) is 0 Å². The van der Waals surface area contributed by atoms with Crippen LogP contribution in [0.25, 0.3) is 22.2 Å². The third-order valence-electron chi connectivity index (χ3n) is 5.03. The van der Waals surface area contributed by atoms with Crippen molar-refractivity contribution in [2.75, 3.05) is 20.8 Å². The van der Waals surface area contributed by atoms with Gasteiger partial charge in [-0.05, 0) is 74.5 Å². The third-order valence-corrected chi connectivity index (χ3v) is 5.03. The topological polar surface area (TPSA) is 60.3 Å². The van der Waals surface area contributed by atoms with Crippen LogP contribution in [-0.2, 0) is 6.42 Å². The second kappa shape index (κ2) is 7.83. The second-order valence-electron chi connectivity index (χ2n) is 6.74. The van der Waals surface area contributed by atoms with Crippen molar-refractivity contribution in [2.45, 2.75) is 33.1 Å². The summed E-state index contributed by atoms with van der Waals surface area (Å²) in [5, 5.41) is 1.32. The highest BCUT2D eigenvalue weighted by Crippen LogP contribution is 2.40. The van der Waals surface area contributed by atoms with Crippen LogP contribution in [-0.4, -0.2) is 25.7 Å². The van der Waals surface area contributed by atoms with Crippen LogP contribution in [0.3, 0.4) is 0 Å². The molecule has 0 radical (unpaired) electrons. The molecule has 1 aromatic heterocycles. The number of methoxy groups -OCH3 is 2. The van der Waals surface area contributed by atoms with E-state index in [0.717, 1.165) is 48.6 Å². The van der Waals surface area contributed by atoms with E-state index >= 15 is 0 Å². The number of aromatic nitrogens is 1. The zero-order chi connectivity index (χ0) is 18.7. The van der Waals surface area contributed by atoms with Crippen LogP contribution >= 0.6 is 0 Å². The Hall–Kier alpha value is -2.46. The molecule has 26 heavy (non-hydrogen) atoms. The number of rotatable bonds is 7. The highest BCUT2D eigenvalue weighted by molar-refractivity contribution is 5.96. The number of nitrogens with two attached hydrogens (primary N) is 1. The predicted molar refractivity (Wildman–Crippen MR) is 108 cm³/mol. The van der Waals surface area contributed by atoms with E-state index in [0.29, 0.717) is 0 Å². The molecule has 0 atom stereocenters. The van der Waals surface area contributed by atoms with Gasteiger partial charge < -0.3 is 20.2 Å². The van der Waals surface area contributed by atoms with Crippen molar-refractivity contribution in [3.63, 3.8) is 0 Å². The summed E-state index contributed by atoms with van der Waals surface area (Å²) >= 11 is 0. The lowest BCUT2D eigenvalue weighted by Gasteiger charge is -2.12. The summed E-state index contributed by atoms with van der Waals surface area (Å²) < 4.78 is 11.1. The van der Waals surface area contributed by atoms with E-state index in [1.54, 1.807) is 14.2 Å². The molecule has 0 saturated heterocycles. The second-order valence-corrected chi connectivity index (χ2v) is 6.74. The van der Waals surface area contributed by atoms with Crippen LogP contribution in [0.4, 0.5) is 0 Å². The quantitative estimate of drug-likeness (QED) is 0.603. The van der Waals surface area contributed by atoms with Gasteiger partial charge in [-0.15, -0.1) is 0 Å². The predicted octanol–water partition coefficient (Wildman–Crippen LogP) is 4.75. The molecule has 0 aliphatic heterocycles. The molecule has 3 rings (SSSR count). The molecule has 0 saturated carbocycles. The Morgan fingerprint density at radius 2 is 1.73 bits per heavy atom. The Morgan fingerprint density at radius 3 is 2.42 bits per heavy atom. The molecule has 4 nitrogen and oxygen atoms in total. The first-order valence-electron chi connectivity index (χ1n) is 9.14. The number of aryl methyl sites for hydroxylation is 3. The van der Waals surface area contributed by atoms with Crippen molar-refractivity contribution in [1.29, 1.82) is 0 Å². The lowest BCUT2D eigenvalue weighted by atomic mass is 9.96. The van der Waals surface area contributed by atoms with E-state index in [9.17, 15) is 0 Å². The van der Waals surface area contributed by atoms with E-state index in [-0.39, 0.29) is 0 Å². The van der Waals surface area contributed by atoms with Gasteiger partial charge in [0, 0.05) is 16.5 Å². The highest BCUT2D eigenvalue weighted by atomic mass is 16.5. The summed E-state index contributed by atoms with van der Waals surface area (Å²) in [5.74, 6) is 1.66.